The van der Waals surface area contributed by atoms with Crippen molar-refractivity contribution in [2.24, 2.45) is 0 Å². The van der Waals surface area contributed by atoms with Crippen LogP contribution in [-0.2, 0) is 4.79 Å². The van der Waals surface area contributed by atoms with E-state index in [2.05, 4.69) is 5.32 Å². The van der Waals surface area contributed by atoms with E-state index in [9.17, 15) is 9.90 Å². The van der Waals surface area contributed by atoms with Gasteiger partial charge < -0.3 is 15.3 Å². The predicted octanol–water partition coefficient (Wildman–Crippen LogP) is -1.02. The Labute approximate surface area is 92.0 Å². The highest BCUT2D eigenvalue weighted by Crippen LogP contribution is 1.96. The van der Waals surface area contributed by atoms with Gasteiger partial charge in [-0.1, -0.05) is 0 Å². The number of amides is 1. The second kappa shape index (κ2) is 7.62. The van der Waals surface area contributed by atoms with Gasteiger partial charge in [-0.3, -0.25) is 9.69 Å². The molecule has 0 aromatic rings. The van der Waals surface area contributed by atoms with Gasteiger partial charge >= 0.3 is 0 Å². The molecule has 5 heteroatoms. The molecule has 5 nitrogen and oxygen atoms in total. The Morgan fingerprint density at radius 3 is 2.47 bits per heavy atom. The van der Waals surface area contributed by atoms with Gasteiger partial charge in [0.1, 0.15) is 0 Å². The number of likely N-dealkylation sites (N-methyl/N-ethyl adjacent to an activating group) is 2. The van der Waals surface area contributed by atoms with Crippen LogP contribution >= 0.6 is 0 Å². The van der Waals surface area contributed by atoms with Crippen LogP contribution in [0.3, 0.4) is 0 Å². The second-order valence-corrected chi connectivity index (χ2v) is 4.12. The maximum Gasteiger partial charge on any atom is 0.233 e. The third-order valence-electron chi connectivity index (χ3n) is 2.12. The van der Waals surface area contributed by atoms with Crippen LogP contribution in [0.5, 0.6) is 0 Å². The molecule has 0 saturated carbocycles. The second-order valence-electron chi connectivity index (χ2n) is 4.12. The molecule has 0 bridgehead atoms. The molecule has 0 rings (SSSR count). The number of carbonyl (C=O) groups is 1. The summed E-state index contributed by atoms with van der Waals surface area (Å²) in [5.74, 6) is -0.0303. The number of nitrogens with zero attached hydrogens (tertiary/aromatic N) is 2. The molecule has 0 fully saturated rings. The number of hydrogen-bond donors (Lipinski definition) is 2. The highest BCUT2D eigenvalue weighted by molar-refractivity contribution is 5.77. The molecule has 0 heterocycles. The molecule has 90 valence electrons. The Morgan fingerprint density at radius 1 is 1.40 bits per heavy atom. The smallest absolute Gasteiger partial charge is 0.233 e. The number of rotatable bonds is 7. The minimum atomic E-state index is -0.373. The van der Waals surface area contributed by atoms with Crippen molar-refractivity contribution in [3.8, 4) is 0 Å². The van der Waals surface area contributed by atoms with Crippen molar-refractivity contribution >= 4 is 5.91 Å². The van der Waals surface area contributed by atoms with Crippen molar-refractivity contribution in [1.82, 2.24) is 15.1 Å². The van der Waals surface area contributed by atoms with E-state index in [1.807, 2.05) is 30.9 Å². The minimum Gasteiger partial charge on any atom is -0.392 e. The van der Waals surface area contributed by atoms with E-state index < -0.39 is 0 Å². The molecule has 1 atom stereocenters. The van der Waals surface area contributed by atoms with Crippen LogP contribution in [0, 0.1) is 0 Å². The average molecular weight is 217 g/mol. The summed E-state index contributed by atoms with van der Waals surface area (Å²) in [6, 6.07) is 0. The maximum absolute atomic E-state index is 11.0. The first kappa shape index (κ1) is 14.3. The summed E-state index contributed by atoms with van der Waals surface area (Å²) in [5.41, 5.74) is 0. The van der Waals surface area contributed by atoms with E-state index in [0.717, 1.165) is 13.0 Å². The fourth-order valence-electron chi connectivity index (χ4n) is 1.25. The first-order chi connectivity index (χ1) is 6.95. The fraction of sp³-hybridized carbons (Fsp3) is 0.900. The van der Waals surface area contributed by atoms with E-state index >= 15 is 0 Å². The summed E-state index contributed by atoms with van der Waals surface area (Å²) in [7, 11) is 7.38. The van der Waals surface area contributed by atoms with Gasteiger partial charge in [0, 0.05) is 20.1 Å². The topological polar surface area (TPSA) is 55.8 Å². The third kappa shape index (κ3) is 8.35. The van der Waals surface area contributed by atoms with Gasteiger partial charge in [0.05, 0.1) is 12.6 Å². The lowest BCUT2D eigenvalue weighted by Gasteiger charge is -2.20. The Balaban J connectivity index is 3.66. The van der Waals surface area contributed by atoms with Gasteiger partial charge in [0.2, 0.25) is 5.91 Å². The Kier molecular flexibility index (Phi) is 7.29. The van der Waals surface area contributed by atoms with Crippen molar-refractivity contribution in [1.29, 1.82) is 0 Å². The van der Waals surface area contributed by atoms with Gasteiger partial charge in [-0.2, -0.15) is 0 Å². The number of nitrogens with one attached hydrogen (secondary N) is 1. The van der Waals surface area contributed by atoms with E-state index in [0.29, 0.717) is 13.1 Å². The molecule has 1 unspecified atom stereocenters. The highest BCUT2D eigenvalue weighted by Gasteiger charge is 2.10. The number of hydrogen-bond acceptors (Lipinski definition) is 4. The zero-order valence-electron chi connectivity index (χ0n) is 10.2. The van der Waals surface area contributed by atoms with Crippen molar-refractivity contribution in [2.75, 3.05) is 47.8 Å². The molecular weight excluding hydrogens is 194 g/mol. The molecule has 0 radical (unpaired) electrons. The van der Waals surface area contributed by atoms with Crippen LogP contribution < -0.4 is 5.32 Å². The van der Waals surface area contributed by atoms with Crippen LogP contribution in [0.15, 0.2) is 0 Å². The summed E-state index contributed by atoms with van der Waals surface area (Å²) < 4.78 is 0. The monoisotopic (exact) mass is 217 g/mol. The first-order valence-electron chi connectivity index (χ1n) is 5.17. The number of aliphatic hydroxyl groups is 1. The average Bonchev–Trinajstić information content (AvgIpc) is 2.14. The van der Waals surface area contributed by atoms with Crippen molar-refractivity contribution in [3.05, 3.63) is 0 Å². The summed E-state index contributed by atoms with van der Waals surface area (Å²) in [5, 5.41) is 12.2. The maximum atomic E-state index is 11.0. The summed E-state index contributed by atoms with van der Waals surface area (Å²) in [4.78, 5) is 14.9. The van der Waals surface area contributed by atoms with Gasteiger partial charge in [0.15, 0.2) is 0 Å². The molecule has 1 amide bonds. The fourth-order valence-corrected chi connectivity index (χ4v) is 1.25. The minimum absolute atomic E-state index is 0.0303. The molecule has 15 heavy (non-hydrogen) atoms. The highest BCUT2D eigenvalue weighted by atomic mass is 16.3. The lowest BCUT2D eigenvalue weighted by atomic mass is 10.2. The normalized spacial score (nSPS) is 13.3. The zero-order chi connectivity index (χ0) is 11.8. The lowest BCUT2D eigenvalue weighted by Crippen LogP contribution is -2.38. The third-order valence-corrected chi connectivity index (χ3v) is 2.12. The van der Waals surface area contributed by atoms with Crippen LogP contribution in [0.1, 0.15) is 6.42 Å². The molecule has 0 aliphatic rings. The van der Waals surface area contributed by atoms with Gasteiger partial charge in [-0.05, 0) is 27.6 Å². The zero-order valence-corrected chi connectivity index (χ0v) is 10.2. The molecule has 2 N–H and O–H groups in total. The van der Waals surface area contributed by atoms with Crippen LogP contribution in [0.4, 0.5) is 0 Å². The van der Waals surface area contributed by atoms with E-state index in [1.54, 1.807) is 7.05 Å². The van der Waals surface area contributed by atoms with Gasteiger partial charge in [-0.15, -0.1) is 0 Å². The molecule has 0 saturated heterocycles. The van der Waals surface area contributed by atoms with Crippen LogP contribution in [-0.4, -0.2) is 74.7 Å². The number of carbonyl (C=O) groups excluding carboxylic acids is 1. The summed E-state index contributed by atoms with van der Waals surface area (Å²) in [6.45, 7) is 1.71. The number of aliphatic hydroxyl groups excluding tert-OH is 1. The summed E-state index contributed by atoms with van der Waals surface area (Å²) >= 11 is 0. The first-order valence-corrected chi connectivity index (χ1v) is 5.17. The largest absolute Gasteiger partial charge is 0.392 e. The van der Waals surface area contributed by atoms with E-state index in [4.69, 9.17) is 0 Å². The molecule has 0 spiro atoms. The Morgan fingerprint density at radius 2 is 2.00 bits per heavy atom. The van der Waals surface area contributed by atoms with Crippen molar-refractivity contribution in [3.63, 3.8) is 0 Å². The van der Waals surface area contributed by atoms with Crippen molar-refractivity contribution < 1.29 is 9.90 Å². The van der Waals surface area contributed by atoms with Crippen LogP contribution in [0.2, 0.25) is 0 Å². The van der Waals surface area contributed by atoms with Gasteiger partial charge in [0.25, 0.3) is 0 Å². The Hall–Kier alpha value is -0.650. The summed E-state index contributed by atoms with van der Waals surface area (Å²) in [6.07, 6.45) is 0.354. The van der Waals surface area contributed by atoms with E-state index in [-0.39, 0.29) is 12.0 Å². The van der Waals surface area contributed by atoms with Gasteiger partial charge in [-0.25, -0.2) is 0 Å². The molecule has 0 aromatic carbocycles. The molecule has 0 aliphatic carbocycles. The predicted molar refractivity (Wildman–Crippen MR) is 60.7 cm³/mol. The van der Waals surface area contributed by atoms with E-state index in [1.165, 1.54) is 0 Å². The molecule has 0 aliphatic heterocycles. The SMILES string of the molecule is CNC(=O)CN(C)CC(O)CCN(C)C. The Bertz CT molecular complexity index is 186. The lowest BCUT2D eigenvalue weighted by molar-refractivity contribution is -0.121. The van der Waals surface area contributed by atoms with Crippen molar-refractivity contribution in [2.45, 2.75) is 12.5 Å². The van der Waals surface area contributed by atoms with Crippen LogP contribution in [0.25, 0.3) is 0 Å². The standard InChI is InChI=1S/C10H23N3O2/c1-11-10(15)8-13(4)7-9(14)5-6-12(2)3/h9,14H,5-8H2,1-4H3,(H,11,15). The molecule has 0 aromatic heterocycles. The quantitative estimate of drug-likeness (QED) is 0.573. The molecular formula is C10H23N3O2.